The summed E-state index contributed by atoms with van der Waals surface area (Å²) in [6.45, 7) is 0. The summed E-state index contributed by atoms with van der Waals surface area (Å²) in [6, 6.07) is 78.5. The molecular formula is C53H36N2O. The van der Waals surface area contributed by atoms with E-state index < -0.39 is 5.41 Å². The molecule has 264 valence electrons. The molecular weight excluding hydrogens is 681 g/mol. The van der Waals surface area contributed by atoms with Gasteiger partial charge in [0.15, 0.2) is 0 Å². The van der Waals surface area contributed by atoms with Gasteiger partial charge in [-0.05, 0) is 112 Å². The number of rotatable bonds is 6. The molecule has 9 aromatic carbocycles. The van der Waals surface area contributed by atoms with Crippen molar-refractivity contribution in [2.75, 3.05) is 9.80 Å². The maximum Gasteiger partial charge on any atom is 0.132 e. The Kier molecular flexibility index (Phi) is 7.39. The van der Waals surface area contributed by atoms with E-state index in [9.17, 15) is 0 Å². The van der Waals surface area contributed by atoms with Crippen molar-refractivity contribution in [2.45, 2.75) is 5.41 Å². The van der Waals surface area contributed by atoms with Crippen molar-refractivity contribution in [3.63, 3.8) is 0 Å². The van der Waals surface area contributed by atoms with Crippen LogP contribution in [0.1, 0.15) is 22.3 Å². The molecule has 3 heteroatoms. The normalized spacial score (nSPS) is 14.6. The van der Waals surface area contributed by atoms with Gasteiger partial charge >= 0.3 is 0 Å². The Hall–Kier alpha value is -7.36. The molecule has 56 heavy (non-hydrogen) atoms. The number of hydrogen-bond acceptors (Lipinski definition) is 3. The van der Waals surface area contributed by atoms with Gasteiger partial charge in [-0.2, -0.15) is 0 Å². The summed E-state index contributed by atoms with van der Waals surface area (Å²) in [4.78, 5) is 4.74. The summed E-state index contributed by atoms with van der Waals surface area (Å²) in [7, 11) is 0. The minimum atomic E-state index is -0.691. The van der Waals surface area contributed by atoms with Crippen molar-refractivity contribution in [1.29, 1.82) is 0 Å². The van der Waals surface area contributed by atoms with E-state index in [1.54, 1.807) is 0 Å². The first kappa shape index (κ1) is 32.1. The zero-order chi connectivity index (χ0) is 37.1. The molecule has 2 aliphatic rings. The van der Waals surface area contributed by atoms with E-state index in [1.165, 1.54) is 27.6 Å². The highest BCUT2D eigenvalue weighted by Crippen LogP contribution is 2.65. The molecule has 1 aliphatic heterocycles. The predicted molar refractivity (Wildman–Crippen MR) is 231 cm³/mol. The van der Waals surface area contributed by atoms with E-state index in [1.807, 2.05) is 0 Å². The van der Waals surface area contributed by atoms with Gasteiger partial charge in [-0.25, -0.2) is 0 Å². The number of hydrogen-bond donors (Lipinski definition) is 0. The van der Waals surface area contributed by atoms with Crippen LogP contribution in [-0.4, -0.2) is 0 Å². The monoisotopic (exact) mass is 716 g/mol. The first-order valence-electron chi connectivity index (χ1n) is 19.2. The lowest BCUT2D eigenvalue weighted by molar-refractivity contribution is 0.437. The minimum absolute atomic E-state index is 0.691. The van der Waals surface area contributed by atoms with Gasteiger partial charge in [0.2, 0.25) is 0 Å². The van der Waals surface area contributed by atoms with Gasteiger partial charge in [0.25, 0.3) is 0 Å². The van der Waals surface area contributed by atoms with Crippen LogP contribution in [0.2, 0.25) is 0 Å². The van der Waals surface area contributed by atoms with Gasteiger partial charge in [0.1, 0.15) is 11.5 Å². The minimum Gasteiger partial charge on any atom is -0.457 e. The summed E-state index contributed by atoms with van der Waals surface area (Å²) >= 11 is 0. The fourth-order valence-corrected chi connectivity index (χ4v) is 9.16. The Morgan fingerprint density at radius 3 is 1.45 bits per heavy atom. The number of anilines is 6. The predicted octanol–water partition coefficient (Wildman–Crippen LogP) is 14.2. The molecule has 0 saturated heterocycles. The van der Waals surface area contributed by atoms with Crippen molar-refractivity contribution in [2.24, 2.45) is 0 Å². The van der Waals surface area contributed by atoms with Gasteiger partial charge in [-0.15, -0.1) is 0 Å². The molecule has 1 unspecified atom stereocenters. The first-order chi connectivity index (χ1) is 27.8. The molecule has 0 radical (unpaired) electrons. The van der Waals surface area contributed by atoms with Crippen LogP contribution in [0.25, 0.3) is 21.9 Å². The highest BCUT2D eigenvalue weighted by molar-refractivity contribution is 5.99. The van der Waals surface area contributed by atoms with E-state index in [4.69, 9.17) is 4.74 Å². The lowest BCUT2D eigenvalue weighted by Gasteiger charge is -2.40. The fraction of sp³-hybridized carbons (Fsp3) is 0.0189. The zero-order valence-electron chi connectivity index (χ0n) is 30.6. The molecule has 1 heterocycles. The van der Waals surface area contributed by atoms with Crippen LogP contribution in [0.5, 0.6) is 11.5 Å². The lowest BCUT2D eigenvalue weighted by atomic mass is 9.65. The molecule has 1 aliphatic carbocycles. The average molecular weight is 717 g/mol. The molecule has 0 amide bonds. The quantitative estimate of drug-likeness (QED) is 0.170. The first-order valence-corrected chi connectivity index (χ1v) is 19.2. The van der Waals surface area contributed by atoms with Crippen LogP contribution in [0.15, 0.2) is 218 Å². The van der Waals surface area contributed by atoms with Crippen LogP contribution < -0.4 is 14.5 Å². The molecule has 1 atom stereocenters. The summed E-state index contributed by atoms with van der Waals surface area (Å²) < 4.78 is 7.04. The summed E-state index contributed by atoms with van der Waals surface area (Å²) in [5, 5.41) is 2.33. The van der Waals surface area contributed by atoms with Crippen LogP contribution >= 0.6 is 0 Å². The standard InChI is InChI=1S/C53H36N2O/c1-5-20-39(21-6-1)54(40-22-7-2-8-23-40)43-32-33-50-48(36-43)53(47-34-37-18-13-14-19-38(37)35-51(47)56-50)45-29-16-15-28-44(45)52-46(53)30-17-31-49(52)55(41-24-9-3-10-25-41)42-26-11-4-12-27-42/h1-36H. The van der Waals surface area contributed by atoms with Crippen LogP contribution in [0.3, 0.4) is 0 Å². The highest BCUT2D eigenvalue weighted by atomic mass is 16.5. The smallest absolute Gasteiger partial charge is 0.132 e. The number of nitrogens with zero attached hydrogens (tertiary/aromatic N) is 2. The van der Waals surface area contributed by atoms with Gasteiger partial charge in [0.05, 0.1) is 11.1 Å². The number of benzene rings is 9. The van der Waals surface area contributed by atoms with Crippen molar-refractivity contribution in [3.8, 4) is 22.6 Å². The Morgan fingerprint density at radius 2 is 0.821 bits per heavy atom. The summed E-state index contributed by atoms with van der Waals surface area (Å²) in [5.41, 5.74) is 13.1. The molecule has 0 bridgehead atoms. The maximum atomic E-state index is 7.04. The molecule has 0 saturated carbocycles. The van der Waals surface area contributed by atoms with Gasteiger partial charge in [0, 0.05) is 45.1 Å². The van der Waals surface area contributed by atoms with E-state index in [2.05, 4.69) is 228 Å². The van der Waals surface area contributed by atoms with Crippen molar-refractivity contribution in [3.05, 3.63) is 241 Å². The molecule has 11 rings (SSSR count). The van der Waals surface area contributed by atoms with E-state index in [0.717, 1.165) is 62.1 Å². The van der Waals surface area contributed by atoms with Gasteiger partial charge < -0.3 is 14.5 Å². The molecule has 9 aromatic rings. The van der Waals surface area contributed by atoms with Crippen LogP contribution in [0.4, 0.5) is 34.1 Å². The fourth-order valence-electron chi connectivity index (χ4n) is 9.16. The van der Waals surface area contributed by atoms with E-state index in [0.29, 0.717) is 0 Å². The Labute approximate surface area is 326 Å². The lowest BCUT2D eigenvalue weighted by Crippen LogP contribution is -2.32. The van der Waals surface area contributed by atoms with E-state index in [-0.39, 0.29) is 0 Å². The second kappa shape index (κ2) is 12.9. The Morgan fingerprint density at radius 1 is 0.321 bits per heavy atom. The summed E-state index contributed by atoms with van der Waals surface area (Å²) in [5.74, 6) is 1.73. The Bertz CT molecular complexity index is 2810. The third kappa shape index (κ3) is 4.84. The summed E-state index contributed by atoms with van der Waals surface area (Å²) in [6.07, 6.45) is 0. The van der Waals surface area contributed by atoms with Crippen molar-refractivity contribution < 1.29 is 4.74 Å². The zero-order valence-corrected chi connectivity index (χ0v) is 30.6. The molecule has 1 spiro atoms. The molecule has 0 fully saturated rings. The van der Waals surface area contributed by atoms with Gasteiger partial charge in [-0.3, -0.25) is 0 Å². The largest absolute Gasteiger partial charge is 0.457 e. The van der Waals surface area contributed by atoms with Crippen LogP contribution in [0, 0.1) is 0 Å². The van der Waals surface area contributed by atoms with Gasteiger partial charge in [-0.1, -0.05) is 133 Å². The highest BCUT2D eigenvalue weighted by Gasteiger charge is 2.52. The molecule has 0 N–H and O–H groups in total. The topological polar surface area (TPSA) is 15.7 Å². The number of para-hydroxylation sites is 4. The molecule has 3 nitrogen and oxygen atoms in total. The average Bonchev–Trinajstić information content (AvgIpc) is 3.56. The Balaban J connectivity index is 1.25. The van der Waals surface area contributed by atoms with E-state index >= 15 is 0 Å². The SMILES string of the molecule is c1ccc(N(c2ccccc2)c2ccc3c(c2)C2(c4cc5ccccc5cc4O3)c3ccccc3-c3c(N(c4ccccc4)c4ccccc4)cccc32)cc1. The van der Waals surface area contributed by atoms with Crippen molar-refractivity contribution in [1.82, 2.24) is 0 Å². The number of ether oxygens (including phenoxy) is 1. The third-order valence-electron chi connectivity index (χ3n) is 11.4. The second-order valence-electron chi connectivity index (χ2n) is 14.5. The third-order valence-corrected chi connectivity index (χ3v) is 11.4. The van der Waals surface area contributed by atoms with Crippen LogP contribution in [-0.2, 0) is 5.41 Å². The number of fused-ring (bicyclic) bond motifs is 10. The van der Waals surface area contributed by atoms with Crippen molar-refractivity contribution >= 4 is 44.9 Å². The maximum absolute atomic E-state index is 7.04. The molecule has 0 aromatic heterocycles. The second-order valence-corrected chi connectivity index (χ2v) is 14.5.